The predicted octanol–water partition coefficient (Wildman–Crippen LogP) is 1.04. The van der Waals surface area contributed by atoms with E-state index in [0.29, 0.717) is 5.56 Å². The Morgan fingerprint density at radius 1 is 1.38 bits per heavy atom. The Morgan fingerprint density at radius 2 is 2.19 bits per heavy atom. The lowest BCUT2D eigenvalue weighted by atomic mass is 10.2. The van der Waals surface area contributed by atoms with Gasteiger partial charge in [0, 0.05) is 11.8 Å². The van der Waals surface area contributed by atoms with Gasteiger partial charge >= 0.3 is 6.18 Å². The molecule has 110 valence electrons. The van der Waals surface area contributed by atoms with Crippen molar-refractivity contribution < 1.29 is 17.9 Å². The molecule has 3 rings (SSSR count). The van der Waals surface area contributed by atoms with Crippen molar-refractivity contribution in [3.05, 3.63) is 18.7 Å². The molecule has 0 fully saturated rings. The number of aromatic amines is 1. The van der Waals surface area contributed by atoms with Gasteiger partial charge < -0.3 is 10.5 Å². The third-order valence-corrected chi connectivity index (χ3v) is 2.51. The molecule has 0 radical (unpaired) electrons. The molecule has 11 heteroatoms. The molecule has 0 aliphatic heterocycles. The van der Waals surface area contributed by atoms with Gasteiger partial charge in [0.05, 0.1) is 6.20 Å². The van der Waals surface area contributed by atoms with E-state index in [4.69, 9.17) is 10.5 Å². The maximum absolute atomic E-state index is 12.4. The smallest absolute Gasteiger partial charge is 0.422 e. The van der Waals surface area contributed by atoms with Crippen LogP contribution in [0.3, 0.4) is 0 Å². The fraction of sp³-hybridized carbons (Fsp3) is 0.200. The maximum Gasteiger partial charge on any atom is 0.422 e. The molecule has 3 aromatic rings. The van der Waals surface area contributed by atoms with Crippen molar-refractivity contribution in [2.75, 3.05) is 12.3 Å². The number of hydrogen-bond acceptors (Lipinski definition) is 6. The number of anilines is 1. The summed E-state index contributed by atoms with van der Waals surface area (Å²) in [7, 11) is 0. The van der Waals surface area contributed by atoms with Gasteiger partial charge in [0.2, 0.25) is 11.6 Å². The zero-order chi connectivity index (χ0) is 15.0. The Kier molecular flexibility index (Phi) is 2.89. The molecule has 8 nitrogen and oxygen atoms in total. The quantitative estimate of drug-likeness (QED) is 0.748. The highest BCUT2D eigenvalue weighted by molar-refractivity contribution is 5.73. The number of rotatable bonds is 3. The minimum atomic E-state index is -4.49. The van der Waals surface area contributed by atoms with E-state index < -0.39 is 12.8 Å². The van der Waals surface area contributed by atoms with E-state index in [1.807, 2.05) is 0 Å². The fourth-order valence-corrected chi connectivity index (χ4v) is 1.73. The Bertz CT molecular complexity index is 765. The van der Waals surface area contributed by atoms with Crippen LogP contribution >= 0.6 is 0 Å². The zero-order valence-corrected chi connectivity index (χ0v) is 10.3. The van der Waals surface area contributed by atoms with E-state index >= 15 is 0 Å². The molecule has 0 bridgehead atoms. The molecule has 21 heavy (non-hydrogen) atoms. The van der Waals surface area contributed by atoms with Crippen molar-refractivity contribution in [2.24, 2.45) is 0 Å². The molecule has 0 saturated carbocycles. The van der Waals surface area contributed by atoms with Crippen molar-refractivity contribution in [3.8, 4) is 17.0 Å². The second-order valence-electron chi connectivity index (χ2n) is 4.05. The molecule has 3 aromatic heterocycles. The Morgan fingerprint density at radius 3 is 2.86 bits per heavy atom. The molecule has 0 aromatic carbocycles. The van der Waals surface area contributed by atoms with Gasteiger partial charge in [-0.2, -0.15) is 27.8 Å². The lowest BCUT2D eigenvalue weighted by Gasteiger charge is -2.12. The van der Waals surface area contributed by atoms with Gasteiger partial charge in [-0.05, 0) is 0 Å². The summed E-state index contributed by atoms with van der Waals surface area (Å²) in [5.74, 6) is -0.265. The number of nitrogen functional groups attached to an aromatic ring is 1. The van der Waals surface area contributed by atoms with E-state index in [1.54, 1.807) is 0 Å². The summed E-state index contributed by atoms with van der Waals surface area (Å²) in [5.41, 5.74) is 6.10. The summed E-state index contributed by atoms with van der Waals surface area (Å²) in [5, 5.41) is 10.0. The largest absolute Gasteiger partial charge is 0.478 e. The van der Waals surface area contributed by atoms with Gasteiger partial charge in [-0.1, -0.05) is 0 Å². The summed E-state index contributed by atoms with van der Waals surface area (Å²) in [4.78, 5) is 7.87. The van der Waals surface area contributed by atoms with Gasteiger partial charge in [0.15, 0.2) is 12.4 Å². The number of halogens is 3. The number of ether oxygens (including phenoxy) is 1. The van der Waals surface area contributed by atoms with Crippen molar-refractivity contribution in [3.63, 3.8) is 0 Å². The lowest BCUT2D eigenvalue weighted by molar-refractivity contribution is -0.153. The summed E-state index contributed by atoms with van der Waals surface area (Å²) >= 11 is 0. The Labute approximate surface area is 114 Å². The van der Waals surface area contributed by atoms with Crippen LogP contribution < -0.4 is 10.5 Å². The number of aromatic nitrogens is 6. The van der Waals surface area contributed by atoms with Crippen LogP contribution in [-0.2, 0) is 0 Å². The van der Waals surface area contributed by atoms with Crippen LogP contribution in [0.15, 0.2) is 18.7 Å². The van der Waals surface area contributed by atoms with Crippen LogP contribution in [0.2, 0.25) is 0 Å². The van der Waals surface area contributed by atoms with E-state index in [9.17, 15) is 13.2 Å². The molecule has 0 unspecified atom stereocenters. The maximum atomic E-state index is 12.4. The first-order valence-corrected chi connectivity index (χ1v) is 5.63. The first-order valence-electron chi connectivity index (χ1n) is 5.63. The highest BCUT2D eigenvalue weighted by Gasteiger charge is 2.30. The van der Waals surface area contributed by atoms with Crippen molar-refractivity contribution in [1.82, 2.24) is 29.8 Å². The number of alkyl halides is 3. The molecular formula is C10H8F3N7O. The Balaban J connectivity index is 2.13. The van der Waals surface area contributed by atoms with Gasteiger partial charge in [0.1, 0.15) is 12.0 Å². The van der Waals surface area contributed by atoms with Gasteiger partial charge in [0.25, 0.3) is 0 Å². The SMILES string of the molecule is Nc1nc2c(OCC(F)(F)F)c(-c3cn[nH]c3)ncn2n1. The zero-order valence-electron chi connectivity index (χ0n) is 10.3. The topological polar surface area (TPSA) is 107 Å². The van der Waals surface area contributed by atoms with Crippen LogP contribution in [0, 0.1) is 0 Å². The number of H-pyrrole nitrogens is 1. The van der Waals surface area contributed by atoms with Crippen molar-refractivity contribution >= 4 is 11.6 Å². The minimum absolute atomic E-state index is 0.0444. The predicted molar refractivity (Wildman–Crippen MR) is 64.3 cm³/mol. The first kappa shape index (κ1) is 13.1. The second-order valence-corrected chi connectivity index (χ2v) is 4.05. The summed E-state index contributed by atoms with van der Waals surface area (Å²) in [6.07, 6.45) is -0.342. The lowest BCUT2D eigenvalue weighted by Crippen LogP contribution is -2.20. The highest BCUT2D eigenvalue weighted by Crippen LogP contribution is 2.32. The van der Waals surface area contributed by atoms with Crippen LogP contribution in [0.5, 0.6) is 5.75 Å². The van der Waals surface area contributed by atoms with Crippen LogP contribution in [-0.4, -0.2) is 42.6 Å². The van der Waals surface area contributed by atoms with Crippen LogP contribution in [0.4, 0.5) is 19.1 Å². The molecule has 0 spiro atoms. The summed E-state index contributed by atoms with van der Waals surface area (Å²) in [6.45, 7) is -1.48. The molecular weight excluding hydrogens is 291 g/mol. The highest BCUT2D eigenvalue weighted by atomic mass is 19.4. The molecule has 0 aliphatic carbocycles. The van der Waals surface area contributed by atoms with Gasteiger partial charge in [-0.25, -0.2) is 4.98 Å². The van der Waals surface area contributed by atoms with E-state index in [2.05, 4.69) is 25.3 Å². The summed E-state index contributed by atoms with van der Waals surface area (Å²) in [6, 6.07) is 0. The molecule has 3 N–H and O–H groups in total. The third kappa shape index (κ3) is 2.57. The van der Waals surface area contributed by atoms with Gasteiger partial charge in [-0.15, -0.1) is 5.10 Å². The number of nitrogens with one attached hydrogen (secondary N) is 1. The summed E-state index contributed by atoms with van der Waals surface area (Å²) < 4.78 is 43.2. The minimum Gasteiger partial charge on any atom is -0.478 e. The first-order chi connectivity index (χ1) is 9.94. The second kappa shape index (κ2) is 4.61. The monoisotopic (exact) mass is 299 g/mol. The average Bonchev–Trinajstić information content (AvgIpc) is 3.02. The number of hydrogen-bond donors (Lipinski definition) is 2. The molecule has 0 aliphatic rings. The molecule has 0 saturated heterocycles. The van der Waals surface area contributed by atoms with Crippen LogP contribution in [0.25, 0.3) is 16.9 Å². The molecule has 0 amide bonds. The standard InChI is InChI=1S/C10H8F3N7O/c11-10(12,13)3-21-7-6(5-1-16-17-2-5)15-4-20-8(7)18-9(14)19-20/h1-2,4H,3H2,(H2,14,19)(H,16,17). The molecule has 3 heterocycles. The third-order valence-electron chi connectivity index (χ3n) is 2.51. The van der Waals surface area contributed by atoms with E-state index in [0.717, 1.165) is 4.52 Å². The number of nitrogens with two attached hydrogens (primary N) is 1. The number of nitrogens with zero attached hydrogens (tertiary/aromatic N) is 5. The Hall–Kier alpha value is -2.85. The van der Waals surface area contributed by atoms with Crippen LogP contribution in [0.1, 0.15) is 0 Å². The van der Waals surface area contributed by atoms with E-state index in [-0.39, 0.29) is 23.0 Å². The van der Waals surface area contributed by atoms with Crippen molar-refractivity contribution in [1.29, 1.82) is 0 Å². The number of fused-ring (bicyclic) bond motifs is 1. The fourth-order valence-electron chi connectivity index (χ4n) is 1.73. The average molecular weight is 299 g/mol. The molecule has 0 atom stereocenters. The van der Waals surface area contributed by atoms with Gasteiger partial charge in [-0.3, -0.25) is 5.10 Å². The van der Waals surface area contributed by atoms with E-state index in [1.165, 1.54) is 18.7 Å². The normalized spacial score (nSPS) is 12.0. The van der Waals surface area contributed by atoms with Crippen molar-refractivity contribution in [2.45, 2.75) is 6.18 Å².